The Kier molecular flexibility index (Phi) is 8.17. The van der Waals surface area contributed by atoms with Gasteiger partial charge >= 0.3 is 0 Å². The van der Waals surface area contributed by atoms with Gasteiger partial charge in [-0.3, -0.25) is 15.6 Å². The van der Waals surface area contributed by atoms with Crippen LogP contribution in [-0.4, -0.2) is 42.3 Å². The summed E-state index contributed by atoms with van der Waals surface area (Å²) in [6.07, 6.45) is 1.27. The van der Waals surface area contributed by atoms with Gasteiger partial charge in [0, 0.05) is 18.7 Å². The smallest absolute Gasteiger partial charge is 0.269 e. The molecule has 1 fully saturated rings. The van der Waals surface area contributed by atoms with Gasteiger partial charge in [0.15, 0.2) is 5.11 Å². The van der Waals surface area contributed by atoms with Gasteiger partial charge in [0.05, 0.1) is 11.2 Å². The molecular weight excluding hydrogens is 362 g/mol. The predicted octanol–water partition coefficient (Wildman–Crippen LogP) is 2.70. The molecule has 1 saturated heterocycles. The number of carbonyl (C=O) groups is 1. The van der Waals surface area contributed by atoms with Crippen LogP contribution in [0.15, 0.2) is 24.3 Å². The van der Waals surface area contributed by atoms with Crippen molar-refractivity contribution >= 4 is 46.8 Å². The van der Waals surface area contributed by atoms with E-state index in [4.69, 9.17) is 17.0 Å². The number of methoxy groups -OCH3 is 1. The molecule has 0 spiro atoms. The van der Waals surface area contributed by atoms with Crippen molar-refractivity contribution < 1.29 is 9.53 Å². The average Bonchev–Trinajstić information content (AvgIpc) is 2.61. The summed E-state index contributed by atoms with van der Waals surface area (Å²) >= 11 is 9.06. The second-order valence-corrected chi connectivity index (χ2v) is 8.59. The summed E-state index contributed by atoms with van der Waals surface area (Å²) in [7, 11) is 1.63. The molecule has 1 aromatic carbocycles. The first-order valence-corrected chi connectivity index (χ1v) is 10.3. The molecule has 0 saturated carbocycles. The zero-order valence-electron chi connectivity index (χ0n) is 13.8. The summed E-state index contributed by atoms with van der Waals surface area (Å²) in [5.41, 5.74) is 7.17. The molecule has 0 unspecified atom stereocenters. The minimum Gasteiger partial charge on any atom is -0.383 e. The monoisotopic (exact) mass is 385 g/mol. The van der Waals surface area contributed by atoms with Crippen LogP contribution in [0.25, 0.3) is 0 Å². The van der Waals surface area contributed by atoms with Crippen LogP contribution in [0.4, 0.5) is 0 Å². The molecule has 2 rings (SSSR count). The maximum Gasteiger partial charge on any atom is 0.269 e. The number of thiocarbonyl (C=S) groups is 1. The molecule has 0 bridgehead atoms. The molecule has 1 heterocycles. The fraction of sp³-hybridized carbons (Fsp3) is 0.500. The molecule has 5 nitrogen and oxygen atoms in total. The van der Waals surface area contributed by atoms with Gasteiger partial charge in [-0.05, 0) is 54.8 Å². The highest BCUT2D eigenvalue weighted by molar-refractivity contribution is 8.16. The van der Waals surface area contributed by atoms with Crippen molar-refractivity contribution in [1.82, 2.24) is 16.2 Å². The number of ether oxygens (including phenoxy) is 1. The van der Waals surface area contributed by atoms with Crippen molar-refractivity contribution in [1.29, 1.82) is 0 Å². The molecule has 8 heteroatoms. The van der Waals surface area contributed by atoms with E-state index in [1.54, 1.807) is 7.11 Å². The Morgan fingerprint density at radius 2 is 1.96 bits per heavy atom. The Bertz CT molecular complexity index is 548. The lowest BCUT2D eigenvalue weighted by atomic mass is 10.1. The molecule has 1 amide bonds. The van der Waals surface area contributed by atoms with Crippen LogP contribution in [0.3, 0.4) is 0 Å². The molecule has 1 aliphatic rings. The number of hydrogen-bond donors (Lipinski definition) is 3. The highest BCUT2D eigenvalue weighted by Crippen LogP contribution is 2.43. The van der Waals surface area contributed by atoms with Gasteiger partial charge in [-0.25, -0.2) is 0 Å². The van der Waals surface area contributed by atoms with Gasteiger partial charge in [-0.2, -0.15) is 0 Å². The van der Waals surface area contributed by atoms with E-state index in [1.165, 1.54) is 23.5 Å². The second kappa shape index (κ2) is 10.1. The van der Waals surface area contributed by atoms with Crippen molar-refractivity contribution in [3.63, 3.8) is 0 Å². The van der Waals surface area contributed by atoms with E-state index >= 15 is 0 Å². The number of hydrogen-bond acceptors (Lipinski definition) is 5. The Labute approximate surface area is 157 Å². The molecular formula is C16H23N3O2S3. The molecule has 1 aromatic rings. The van der Waals surface area contributed by atoms with E-state index in [0.29, 0.717) is 21.9 Å². The van der Waals surface area contributed by atoms with E-state index in [1.807, 2.05) is 54.7 Å². The van der Waals surface area contributed by atoms with Crippen molar-refractivity contribution in [3.05, 3.63) is 35.4 Å². The average molecular weight is 386 g/mol. The number of carbonyl (C=O) groups excluding carboxylic acids is 1. The summed E-state index contributed by atoms with van der Waals surface area (Å²) in [5.74, 6) is 2.19. The third-order valence-electron chi connectivity index (χ3n) is 3.36. The topological polar surface area (TPSA) is 62.4 Å². The molecule has 1 aliphatic heterocycles. The summed E-state index contributed by atoms with van der Waals surface area (Å²) in [6.45, 7) is 2.48. The maximum atomic E-state index is 12.2. The first kappa shape index (κ1) is 19.4. The van der Waals surface area contributed by atoms with Crippen LogP contribution < -0.4 is 16.2 Å². The highest BCUT2D eigenvalue weighted by Gasteiger charge is 2.17. The first-order chi connectivity index (χ1) is 11.6. The normalized spacial score (nSPS) is 16.2. The number of amides is 1. The molecule has 1 atom stereocenters. The van der Waals surface area contributed by atoms with E-state index in [2.05, 4.69) is 16.2 Å². The Hall–Kier alpha value is -0.960. The summed E-state index contributed by atoms with van der Waals surface area (Å²) in [5, 5.41) is 3.38. The van der Waals surface area contributed by atoms with Gasteiger partial charge in [0.25, 0.3) is 5.91 Å². The van der Waals surface area contributed by atoms with Crippen LogP contribution in [0.2, 0.25) is 0 Å². The van der Waals surface area contributed by atoms with Crippen LogP contribution >= 0.6 is 35.7 Å². The van der Waals surface area contributed by atoms with E-state index in [-0.39, 0.29) is 11.9 Å². The Morgan fingerprint density at radius 1 is 1.29 bits per heavy atom. The van der Waals surface area contributed by atoms with Crippen LogP contribution in [0, 0.1) is 0 Å². The highest BCUT2D eigenvalue weighted by atomic mass is 32.2. The number of benzene rings is 1. The van der Waals surface area contributed by atoms with Crippen LogP contribution in [0.1, 0.15) is 33.8 Å². The van der Waals surface area contributed by atoms with Gasteiger partial charge in [-0.15, -0.1) is 23.5 Å². The molecule has 0 aromatic heterocycles. The number of nitrogens with one attached hydrogen (secondary N) is 3. The van der Waals surface area contributed by atoms with Crippen LogP contribution in [-0.2, 0) is 4.74 Å². The third kappa shape index (κ3) is 6.16. The maximum absolute atomic E-state index is 12.2. The first-order valence-electron chi connectivity index (χ1n) is 7.79. The lowest BCUT2D eigenvalue weighted by Crippen LogP contribution is -2.49. The van der Waals surface area contributed by atoms with Crippen molar-refractivity contribution in [2.75, 3.05) is 25.2 Å². The zero-order valence-corrected chi connectivity index (χ0v) is 16.3. The quantitative estimate of drug-likeness (QED) is 0.532. The third-order valence-corrected chi connectivity index (χ3v) is 6.59. The summed E-state index contributed by atoms with van der Waals surface area (Å²) < 4.78 is 5.50. The van der Waals surface area contributed by atoms with Gasteiger partial charge < -0.3 is 10.1 Å². The largest absolute Gasteiger partial charge is 0.383 e. The molecule has 0 radical (unpaired) electrons. The van der Waals surface area contributed by atoms with Crippen molar-refractivity contribution in [2.24, 2.45) is 0 Å². The Balaban J connectivity index is 1.80. The van der Waals surface area contributed by atoms with E-state index in [9.17, 15) is 4.79 Å². The zero-order chi connectivity index (χ0) is 17.4. The molecule has 3 N–H and O–H groups in total. The number of thioether (sulfide) groups is 2. The van der Waals surface area contributed by atoms with Crippen LogP contribution in [0.5, 0.6) is 0 Å². The van der Waals surface area contributed by atoms with Gasteiger partial charge in [0.2, 0.25) is 0 Å². The standard InChI is InChI=1S/C16H23N3O2S3/c1-11(10-21-2)17-16(22)19-18-14(20)12-4-6-13(7-5-12)15-23-8-3-9-24-15/h4-7,11,15H,3,8-10H2,1-2H3,(H,18,20)(H2,17,19,22)/t11-/m1/s1. The molecule has 0 aliphatic carbocycles. The minimum absolute atomic E-state index is 0.0664. The van der Waals surface area contributed by atoms with E-state index in [0.717, 1.165) is 0 Å². The number of rotatable bonds is 5. The van der Waals surface area contributed by atoms with Gasteiger partial charge in [0.1, 0.15) is 0 Å². The lowest BCUT2D eigenvalue weighted by molar-refractivity contribution is 0.0943. The SMILES string of the molecule is COC[C@@H](C)NC(=S)NNC(=O)c1ccc(C2SCCCS2)cc1. The molecule has 132 valence electrons. The predicted molar refractivity (Wildman–Crippen MR) is 106 cm³/mol. The van der Waals surface area contributed by atoms with Crippen molar-refractivity contribution in [3.8, 4) is 0 Å². The summed E-state index contributed by atoms with van der Waals surface area (Å²) in [4.78, 5) is 12.2. The minimum atomic E-state index is -0.214. The Morgan fingerprint density at radius 3 is 2.58 bits per heavy atom. The van der Waals surface area contributed by atoms with Crippen molar-refractivity contribution in [2.45, 2.75) is 24.0 Å². The molecule has 24 heavy (non-hydrogen) atoms. The fourth-order valence-electron chi connectivity index (χ4n) is 2.21. The summed E-state index contributed by atoms with van der Waals surface area (Å²) in [6, 6.07) is 7.83. The number of hydrazine groups is 1. The lowest BCUT2D eigenvalue weighted by Gasteiger charge is -2.21. The van der Waals surface area contributed by atoms with E-state index < -0.39 is 0 Å². The second-order valence-electron chi connectivity index (χ2n) is 5.46. The fourth-order valence-corrected chi connectivity index (χ4v) is 5.36. The van der Waals surface area contributed by atoms with Gasteiger partial charge in [-0.1, -0.05) is 12.1 Å².